The molecular formula is C19H24BrN3O3. The summed E-state index contributed by atoms with van der Waals surface area (Å²) < 4.78 is 0.969. The van der Waals surface area contributed by atoms with Crippen LogP contribution in [0.25, 0.3) is 0 Å². The minimum Gasteiger partial charge on any atom is -0.348 e. The van der Waals surface area contributed by atoms with Crippen molar-refractivity contribution >= 4 is 33.8 Å². The minimum absolute atomic E-state index is 0.167. The lowest BCUT2D eigenvalue weighted by molar-refractivity contribution is -0.138. The lowest BCUT2D eigenvalue weighted by Gasteiger charge is -2.26. The topological polar surface area (TPSA) is 78.5 Å². The van der Waals surface area contributed by atoms with E-state index in [9.17, 15) is 14.4 Å². The van der Waals surface area contributed by atoms with Crippen molar-refractivity contribution in [3.63, 3.8) is 0 Å². The number of carbonyl (C=O) groups is 3. The van der Waals surface area contributed by atoms with Crippen LogP contribution in [0, 0.1) is 0 Å². The summed E-state index contributed by atoms with van der Waals surface area (Å²) in [6.07, 6.45) is 3.85. The van der Waals surface area contributed by atoms with Gasteiger partial charge in [0.25, 0.3) is 5.91 Å². The van der Waals surface area contributed by atoms with E-state index in [4.69, 9.17) is 0 Å². The second kappa shape index (κ2) is 7.39. The summed E-state index contributed by atoms with van der Waals surface area (Å²) in [5, 5.41) is 5.79. The van der Waals surface area contributed by atoms with Crippen molar-refractivity contribution < 1.29 is 14.4 Å². The smallest absolute Gasteiger partial charge is 0.325 e. The molecule has 1 aliphatic heterocycles. The van der Waals surface area contributed by atoms with Gasteiger partial charge in [-0.15, -0.1) is 0 Å². The molecule has 3 rings (SSSR count). The number of nitrogens with zero attached hydrogens (tertiary/aromatic N) is 1. The summed E-state index contributed by atoms with van der Waals surface area (Å²) in [7, 11) is 0. The van der Waals surface area contributed by atoms with Gasteiger partial charge in [-0.05, 0) is 43.9 Å². The molecule has 7 heteroatoms. The number of carbonyl (C=O) groups excluding carboxylic acids is 3. The predicted molar refractivity (Wildman–Crippen MR) is 101 cm³/mol. The molecule has 2 atom stereocenters. The molecule has 2 fully saturated rings. The largest absolute Gasteiger partial charge is 0.348 e. The van der Waals surface area contributed by atoms with E-state index in [0.717, 1.165) is 27.8 Å². The highest BCUT2D eigenvalue weighted by Gasteiger charge is 2.54. The Labute approximate surface area is 161 Å². The van der Waals surface area contributed by atoms with Crippen molar-refractivity contribution in [1.82, 2.24) is 15.5 Å². The van der Waals surface area contributed by atoms with Gasteiger partial charge in [0.2, 0.25) is 5.91 Å². The average Bonchev–Trinajstić information content (AvgIpc) is 3.18. The van der Waals surface area contributed by atoms with Gasteiger partial charge in [-0.1, -0.05) is 47.8 Å². The molecule has 140 valence electrons. The van der Waals surface area contributed by atoms with Crippen LogP contribution in [0.1, 0.15) is 57.6 Å². The van der Waals surface area contributed by atoms with E-state index in [1.165, 1.54) is 0 Å². The lowest BCUT2D eigenvalue weighted by atomic mass is 9.97. The molecule has 2 unspecified atom stereocenters. The lowest BCUT2D eigenvalue weighted by Crippen LogP contribution is -2.50. The SMILES string of the molecule is CCC(NC(=O)C(C)N1C(=O)NC2(CCCC2)C1=O)c1ccc(Br)cc1. The third kappa shape index (κ3) is 3.37. The predicted octanol–water partition coefficient (Wildman–Crippen LogP) is 3.27. The number of nitrogens with one attached hydrogen (secondary N) is 2. The Morgan fingerprint density at radius 3 is 2.46 bits per heavy atom. The van der Waals surface area contributed by atoms with Crippen molar-refractivity contribution in [1.29, 1.82) is 0 Å². The molecule has 1 saturated carbocycles. The number of amides is 4. The molecule has 1 aliphatic carbocycles. The number of rotatable bonds is 5. The Morgan fingerprint density at radius 1 is 1.27 bits per heavy atom. The molecule has 0 radical (unpaired) electrons. The highest BCUT2D eigenvalue weighted by Crippen LogP contribution is 2.35. The normalized spacial score (nSPS) is 21.0. The highest BCUT2D eigenvalue weighted by molar-refractivity contribution is 9.10. The van der Waals surface area contributed by atoms with Gasteiger partial charge >= 0.3 is 6.03 Å². The van der Waals surface area contributed by atoms with Crippen LogP contribution in [-0.2, 0) is 9.59 Å². The molecule has 0 aromatic heterocycles. The fourth-order valence-corrected chi connectivity index (χ4v) is 4.10. The van der Waals surface area contributed by atoms with Gasteiger partial charge in [0, 0.05) is 4.47 Å². The van der Waals surface area contributed by atoms with Crippen LogP contribution in [0.4, 0.5) is 4.79 Å². The van der Waals surface area contributed by atoms with Gasteiger partial charge in [0.1, 0.15) is 11.6 Å². The van der Waals surface area contributed by atoms with Crippen LogP contribution in [0.2, 0.25) is 0 Å². The van der Waals surface area contributed by atoms with Gasteiger partial charge in [0.05, 0.1) is 6.04 Å². The molecule has 2 N–H and O–H groups in total. The van der Waals surface area contributed by atoms with E-state index in [2.05, 4.69) is 26.6 Å². The van der Waals surface area contributed by atoms with Crippen LogP contribution in [-0.4, -0.2) is 34.3 Å². The van der Waals surface area contributed by atoms with Crippen molar-refractivity contribution in [3.05, 3.63) is 34.3 Å². The maximum Gasteiger partial charge on any atom is 0.325 e. The van der Waals surface area contributed by atoms with E-state index in [0.29, 0.717) is 19.3 Å². The summed E-state index contributed by atoms with van der Waals surface area (Å²) in [4.78, 5) is 39.0. The molecule has 1 saturated heterocycles. The van der Waals surface area contributed by atoms with Crippen molar-refractivity contribution in [2.24, 2.45) is 0 Å². The third-order valence-electron chi connectivity index (χ3n) is 5.41. The average molecular weight is 422 g/mol. The van der Waals surface area contributed by atoms with E-state index < -0.39 is 17.6 Å². The van der Waals surface area contributed by atoms with E-state index in [-0.39, 0.29) is 17.9 Å². The Hall–Kier alpha value is -1.89. The first-order chi connectivity index (χ1) is 12.4. The Kier molecular flexibility index (Phi) is 5.37. The second-order valence-corrected chi connectivity index (χ2v) is 8.01. The standard InChI is InChI=1S/C19H24BrN3O3/c1-3-15(13-6-8-14(20)9-7-13)21-16(24)12(2)23-17(25)19(22-18(23)26)10-4-5-11-19/h6-9,12,15H,3-5,10-11H2,1-2H3,(H,21,24)(H,22,26). The van der Waals surface area contributed by atoms with E-state index in [1.54, 1.807) is 6.92 Å². The monoisotopic (exact) mass is 421 g/mol. The maximum atomic E-state index is 12.8. The quantitative estimate of drug-likeness (QED) is 0.715. The summed E-state index contributed by atoms with van der Waals surface area (Å²) in [5.74, 6) is -0.586. The van der Waals surface area contributed by atoms with Crippen LogP contribution in [0.15, 0.2) is 28.7 Å². The van der Waals surface area contributed by atoms with Crippen molar-refractivity contribution in [3.8, 4) is 0 Å². The molecule has 1 heterocycles. The zero-order chi connectivity index (χ0) is 18.9. The van der Waals surface area contributed by atoms with Crippen molar-refractivity contribution in [2.45, 2.75) is 63.6 Å². The zero-order valence-corrected chi connectivity index (χ0v) is 16.6. The summed E-state index contributed by atoms with van der Waals surface area (Å²) in [6, 6.07) is 6.28. The minimum atomic E-state index is -0.841. The fraction of sp³-hybridized carbons (Fsp3) is 0.526. The van der Waals surface area contributed by atoms with E-state index >= 15 is 0 Å². The van der Waals surface area contributed by atoms with Crippen LogP contribution < -0.4 is 10.6 Å². The third-order valence-corrected chi connectivity index (χ3v) is 5.94. The number of hydrogen-bond acceptors (Lipinski definition) is 3. The summed E-state index contributed by atoms with van der Waals surface area (Å²) >= 11 is 3.40. The van der Waals surface area contributed by atoms with Gasteiger partial charge in [0.15, 0.2) is 0 Å². The van der Waals surface area contributed by atoms with Gasteiger partial charge in [-0.2, -0.15) is 0 Å². The zero-order valence-electron chi connectivity index (χ0n) is 15.0. The number of hydrogen-bond donors (Lipinski definition) is 2. The van der Waals surface area contributed by atoms with Crippen LogP contribution >= 0.6 is 15.9 Å². The van der Waals surface area contributed by atoms with E-state index in [1.807, 2.05) is 31.2 Å². The van der Waals surface area contributed by atoms with Crippen molar-refractivity contribution in [2.75, 3.05) is 0 Å². The molecule has 2 aliphatic rings. The Balaban J connectivity index is 1.71. The van der Waals surface area contributed by atoms with Gasteiger partial charge in [-0.3, -0.25) is 9.59 Å². The first-order valence-corrected chi connectivity index (χ1v) is 9.89. The molecule has 6 nitrogen and oxygen atoms in total. The first kappa shape index (κ1) is 18.9. The highest BCUT2D eigenvalue weighted by atomic mass is 79.9. The molecule has 0 bridgehead atoms. The fourth-order valence-electron chi connectivity index (χ4n) is 3.84. The maximum absolute atomic E-state index is 12.8. The molecule has 1 spiro atoms. The summed E-state index contributed by atoms with van der Waals surface area (Å²) in [6.45, 7) is 3.59. The molecule has 26 heavy (non-hydrogen) atoms. The Morgan fingerprint density at radius 2 is 1.88 bits per heavy atom. The molecule has 4 amide bonds. The number of halogens is 1. The molecule has 1 aromatic carbocycles. The Bertz CT molecular complexity index is 713. The van der Waals surface area contributed by atoms with Crippen LogP contribution in [0.3, 0.4) is 0 Å². The summed E-state index contributed by atoms with van der Waals surface area (Å²) in [5.41, 5.74) is 0.197. The van der Waals surface area contributed by atoms with Gasteiger partial charge < -0.3 is 10.6 Å². The number of urea groups is 1. The van der Waals surface area contributed by atoms with Gasteiger partial charge in [-0.25, -0.2) is 9.69 Å². The molecule has 1 aromatic rings. The number of benzene rings is 1. The van der Waals surface area contributed by atoms with Crippen LogP contribution in [0.5, 0.6) is 0 Å². The first-order valence-electron chi connectivity index (χ1n) is 9.09. The molecular weight excluding hydrogens is 398 g/mol. The number of imide groups is 1. The second-order valence-electron chi connectivity index (χ2n) is 7.09.